The number of hydrogen-bond donors (Lipinski definition) is 0. The molecule has 0 atom stereocenters. The molecule has 0 saturated carbocycles. The molecular weight excluding hydrogens is 801 g/mol. The van der Waals surface area contributed by atoms with Crippen LogP contribution in [0.25, 0.3) is 54.9 Å². The molecule has 0 bridgehead atoms. The van der Waals surface area contributed by atoms with Gasteiger partial charge in [0, 0.05) is 34.1 Å². The Morgan fingerprint density at radius 3 is 1.29 bits per heavy atom. The van der Waals surface area contributed by atoms with Gasteiger partial charge in [-0.3, -0.25) is 0 Å². The van der Waals surface area contributed by atoms with Crippen molar-refractivity contribution in [2.45, 2.75) is 38.8 Å². The van der Waals surface area contributed by atoms with Crippen molar-refractivity contribution >= 4 is 74.1 Å². The molecule has 0 fully saturated rings. The molecule has 0 unspecified atom stereocenters. The fourth-order valence-corrected chi connectivity index (χ4v) is 14.7. The first-order chi connectivity index (χ1) is 32.0. The lowest BCUT2D eigenvalue weighted by Crippen LogP contribution is -2.49. The molecule has 2 nitrogen and oxygen atoms in total. The number of para-hydroxylation sites is 4. The van der Waals surface area contributed by atoms with Crippen molar-refractivity contribution < 1.29 is 0 Å². The van der Waals surface area contributed by atoms with Crippen LogP contribution in [0.1, 0.15) is 22.3 Å². The molecular formula is C62H48N2Si. The van der Waals surface area contributed by atoms with E-state index in [1.54, 1.807) is 0 Å². The van der Waals surface area contributed by atoms with E-state index in [2.05, 4.69) is 229 Å². The summed E-state index contributed by atoms with van der Waals surface area (Å²) in [4.78, 5) is 5.02. The van der Waals surface area contributed by atoms with Gasteiger partial charge in [-0.1, -0.05) is 165 Å². The maximum Gasteiger partial charge on any atom is 0.113 e. The van der Waals surface area contributed by atoms with Gasteiger partial charge in [0.2, 0.25) is 0 Å². The van der Waals surface area contributed by atoms with E-state index in [4.69, 9.17) is 0 Å². The lowest BCUT2D eigenvalue weighted by Gasteiger charge is -2.29. The lowest BCUT2D eigenvalue weighted by atomic mass is 9.84. The van der Waals surface area contributed by atoms with Gasteiger partial charge in [0.15, 0.2) is 0 Å². The molecule has 0 aromatic heterocycles. The van der Waals surface area contributed by atoms with E-state index < -0.39 is 8.07 Å². The molecule has 10 aromatic rings. The number of rotatable bonds is 4. The smallest absolute Gasteiger partial charge is 0.113 e. The van der Waals surface area contributed by atoms with E-state index in [1.807, 2.05) is 0 Å². The van der Waals surface area contributed by atoms with Crippen molar-refractivity contribution in [3.8, 4) is 33.4 Å². The highest BCUT2D eigenvalue weighted by molar-refractivity contribution is 7.04. The maximum atomic E-state index is 2.63. The largest absolute Gasteiger partial charge is 0.310 e. The van der Waals surface area contributed by atoms with Gasteiger partial charge in [-0.15, -0.1) is 0 Å². The predicted molar refractivity (Wildman–Crippen MR) is 279 cm³/mol. The summed E-state index contributed by atoms with van der Waals surface area (Å²) < 4.78 is 0. The topological polar surface area (TPSA) is 6.48 Å². The summed E-state index contributed by atoms with van der Waals surface area (Å²) >= 11 is 0. The Bertz CT molecular complexity index is 3530. The van der Waals surface area contributed by atoms with E-state index in [-0.39, 0.29) is 0 Å². The number of benzene rings is 10. The first-order valence-corrected chi connectivity index (χ1v) is 26.3. The van der Waals surface area contributed by atoms with E-state index in [0.717, 1.165) is 25.7 Å². The average molecular weight is 849 g/mol. The summed E-state index contributed by atoms with van der Waals surface area (Å²) in [7, 11) is -2.03. The van der Waals surface area contributed by atoms with Gasteiger partial charge in [0.1, 0.15) is 8.07 Å². The summed E-state index contributed by atoms with van der Waals surface area (Å²) in [6.45, 7) is 5.09. The minimum absolute atomic E-state index is 0.989. The summed E-state index contributed by atoms with van der Waals surface area (Å²) in [5.41, 5.74) is 20.8. The van der Waals surface area contributed by atoms with Crippen molar-refractivity contribution in [3.05, 3.63) is 229 Å². The Kier molecular flexibility index (Phi) is 8.66. The molecule has 0 saturated heterocycles. The highest BCUT2D eigenvalue weighted by atomic mass is 28.3. The van der Waals surface area contributed by atoms with Crippen LogP contribution in [0.2, 0.25) is 13.1 Å². The maximum absolute atomic E-state index is 2.63. The Morgan fingerprint density at radius 1 is 0.323 bits per heavy atom. The zero-order valence-corrected chi connectivity index (χ0v) is 37.9. The number of anilines is 6. The highest BCUT2D eigenvalue weighted by Gasteiger charge is 2.38. The fourth-order valence-electron chi connectivity index (χ4n) is 11.7. The van der Waals surface area contributed by atoms with Crippen LogP contribution in [0.5, 0.6) is 0 Å². The Balaban J connectivity index is 1.11. The van der Waals surface area contributed by atoms with E-state index >= 15 is 0 Å². The molecule has 3 aliphatic heterocycles. The van der Waals surface area contributed by atoms with Gasteiger partial charge >= 0.3 is 0 Å². The Morgan fingerprint density at radius 2 is 0.754 bits per heavy atom. The van der Waals surface area contributed by atoms with Crippen LogP contribution in [-0.4, -0.2) is 8.07 Å². The van der Waals surface area contributed by atoms with Crippen molar-refractivity contribution in [3.63, 3.8) is 0 Å². The van der Waals surface area contributed by atoms with Crippen LogP contribution in [0.3, 0.4) is 0 Å². The molecule has 13 rings (SSSR count). The minimum Gasteiger partial charge on any atom is -0.310 e. The van der Waals surface area contributed by atoms with E-state index in [0.29, 0.717) is 0 Å². The second-order valence-electron chi connectivity index (χ2n) is 18.7. The molecule has 3 heterocycles. The number of aryl methyl sites for hydroxylation is 4. The Hall–Kier alpha value is -7.46. The van der Waals surface area contributed by atoms with Crippen LogP contribution in [0.15, 0.2) is 206 Å². The molecule has 65 heavy (non-hydrogen) atoms. The molecule has 0 amide bonds. The van der Waals surface area contributed by atoms with Gasteiger partial charge in [-0.2, -0.15) is 0 Å². The molecule has 0 radical (unpaired) electrons. The number of nitrogens with zero attached hydrogens (tertiary/aromatic N) is 2. The zero-order valence-electron chi connectivity index (χ0n) is 36.9. The van der Waals surface area contributed by atoms with Gasteiger partial charge in [-0.25, -0.2) is 0 Å². The second kappa shape index (κ2) is 14.8. The first kappa shape index (κ1) is 38.0. The molecule has 3 heteroatoms. The van der Waals surface area contributed by atoms with Crippen LogP contribution < -0.4 is 20.2 Å². The normalized spacial score (nSPS) is 14.4. The van der Waals surface area contributed by atoms with Crippen molar-refractivity contribution in [2.75, 3.05) is 9.80 Å². The third kappa shape index (κ3) is 5.92. The average Bonchev–Trinajstić information content (AvgIpc) is 3.47. The van der Waals surface area contributed by atoms with Crippen molar-refractivity contribution in [2.24, 2.45) is 0 Å². The highest BCUT2D eigenvalue weighted by Crippen LogP contribution is 2.50. The monoisotopic (exact) mass is 848 g/mol. The zero-order chi connectivity index (χ0) is 43.2. The summed E-state index contributed by atoms with van der Waals surface area (Å²) in [5, 5.41) is 8.24. The molecule has 3 aliphatic rings. The van der Waals surface area contributed by atoms with Gasteiger partial charge < -0.3 is 9.80 Å². The molecule has 0 N–H and O–H groups in total. The van der Waals surface area contributed by atoms with Crippen LogP contribution in [0, 0.1) is 0 Å². The first-order valence-electron chi connectivity index (χ1n) is 23.3. The van der Waals surface area contributed by atoms with E-state index in [1.165, 1.54) is 122 Å². The minimum atomic E-state index is -2.03. The molecule has 0 spiro atoms. The van der Waals surface area contributed by atoms with Crippen LogP contribution in [0.4, 0.5) is 34.1 Å². The third-order valence-electron chi connectivity index (χ3n) is 14.8. The molecule has 310 valence electrons. The van der Waals surface area contributed by atoms with Gasteiger partial charge in [-0.05, 0) is 168 Å². The van der Waals surface area contributed by atoms with Crippen LogP contribution in [-0.2, 0) is 25.7 Å². The van der Waals surface area contributed by atoms with Crippen molar-refractivity contribution in [1.29, 1.82) is 0 Å². The van der Waals surface area contributed by atoms with E-state index in [9.17, 15) is 0 Å². The summed E-state index contributed by atoms with van der Waals surface area (Å²) in [6, 6.07) is 78.2. The summed E-state index contributed by atoms with van der Waals surface area (Å²) in [5.74, 6) is 0. The second-order valence-corrected chi connectivity index (χ2v) is 23.0. The number of fused-ring (bicyclic) bond motifs is 9. The van der Waals surface area contributed by atoms with Crippen LogP contribution >= 0.6 is 0 Å². The third-order valence-corrected chi connectivity index (χ3v) is 18.3. The standard InChI is InChI=1S/C62H48N2Si/c1-65(2)59-28-16-13-23-49(59)52-39-53-54(40-60(52)65)62(46-36-34-44-32-30-42-18-10-15-27-56(42)64(58(44)38-46)48-21-7-4-8-22-48)51-25-12-11-24-50(51)61(53)45-35-33-43-31-29-41-17-9-14-26-55(41)63(57(43)37-45)47-19-5-3-6-20-47/h3-28,33-40H,29-32H2,1-2H3. The van der Waals surface area contributed by atoms with Gasteiger partial charge in [0.25, 0.3) is 0 Å². The lowest BCUT2D eigenvalue weighted by molar-refractivity contribution is 0.978. The fraction of sp³-hybridized carbons (Fsp3) is 0.0968. The SMILES string of the molecule is C[Si]1(C)c2ccccc2-c2cc3c(-c4ccc5c(c4)N(c4ccccc4)c4ccccc4CC5)c4ccccc4c(-c4ccc5c(c4)N(c4ccccc4)c4ccccc4CC5)c3cc21. The molecule has 10 aromatic carbocycles. The van der Waals surface area contributed by atoms with Gasteiger partial charge in [0.05, 0.1) is 0 Å². The van der Waals surface area contributed by atoms with Crippen molar-refractivity contribution in [1.82, 2.24) is 0 Å². The molecule has 0 aliphatic carbocycles. The summed E-state index contributed by atoms with van der Waals surface area (Å²) in [6.07, 6.45) is 3.99. The Labute approximate surface area is 382 Å². The number of hydrogen-bond acceptors (Lipinski definition) is 2. The quantitative estimate of drug-likeness (QED) is 0.129. The predicted octanol–water partition coefficient (Wildman–Crippen LogP) is 15.3.